The van der Waals surface area contributed by atoms with Crippen LogP contribution in [0.1, 0.15) is 19.4 Å². The molecule has 0 aliphatic rings. The van der Waals surface area contributed by atoms with Crippen molar-refractivity contribution in [3.63, 3.8) is 0 Å². The zero-order valence-electron chi connectivity index (χ0n) is 17.4. The molecule has 0 fully saturated rings. The van der Waals surface area contributed by atoms with Crippen LogP contribution in [-0.4, -0.2) is 27.3 Å². The normalized spacial score (nSPS) is 11.3. The molecular weight excluding hydrogens is 427 g/mol. The van der Waals surface area contributed by atoms with Gasteiger partial charge in [-0.3, -0.25) is 10.1 Å². The number of hydrogen-bond donors (Lipinski definition) is 2. The summed E-state index contributed by atoms with van der Waals surface area (Å²) >= 11 is 0. The van der Waals surface area contributed by atoms with Crippen molar-refractivity contribution in [3.8, 4) is 17.0 Å². The molecule has 0 bridgehead atoms. The van der Waals surface area contributed by atoms with E-state index in [1.807, 2.05) is 13.8 Å². The highest BCUT2D eigenvalue weighted by Gasteiger charge is 2.31. The average molecular weight is 447 g/mol. The second-order valence-electron chi connectivity index (χ2n) is 7.17. The number of nitrogens with zero attached hydrogens (tertiary/aromatic N) is 3. The van der Waals surface area contributed by atoms with Crippen LogP contribution in [0.25, 0.3) is 11.3 Å². The lowest BCUT2D eigenvalue weighted by Gasteiger charge is -2.15. The van der Waals surface area contributed by atoms with Gasteiger partial charge in [0.15, 0.2) is 0 Å². The highest BCUT2D eigenvalue weighted by atomic mass is 19.4. The maximum absolute atomic E-state index is 12.6. The molecule has 0 unspecified atom stereocenters. The van der Waals surface area contributed by atoms with Crippen LogP contribution in [0.4, 0.5) is 36.3 Å². The van der Waals surface area contributed by atoms with Crippen molar-refractivity contribution in [2.24, 2.45) is 0 Å². The lowest BCUT2D eigenvalue weighted by Crippen LogP contribution is -2.17. The lowest BCUT2D eigenvalue weighted by molar-refractivity contribution is -0.385. The summed E-state index contributed by atoms with van der Waals surface area (Å²) < 4.78 is 41.8. The highest BCUT2D eigenvalue weighted by Crippen LogP contribution is 2.31. The second kappa shape index (κ2) is 9.08. The Morgan fingerprint density at radius 2 is 1.81 bits per heavy atom. The molecule has 8 nitrogen and oxygen atoms in total. The second-order valence-corrected chi connectivity index (χ2v) is 7.17. The summed E-state index contributed by atoms with van der Waals surface area (Å²) in [4.78, 5) is 19.5. The van der Waals surface area contributed by atoms with Crippen LogP contribution < -0.4 is 15.4 Å². The van der Waals surface area contributed by atoms with Gasteiger partial charge >= 0.3 is 6.36 Å². The smallest absolute Gasteiger partial charge is 0.406 e. The van der Waals surface area contributed by atoms with Crippen molar-refractivity contribution in [3.05, 3.63) is 64.2 Å². The molecule has 0 saturated heterocycles. The first-order chi connectivity index (χ1) is 15.0. The first-order valence-corrected chi connectivity index (χ1v) is 9.54. The molecule has 168 valence electrons. The van der Waals surface area contributed by atoms with Gasteiger partial charge in [0.2, 0.25) is 5.95 Å². The van der Waals surface area contributed by atoms with Crippen LogP contribution in [-0.2, 0) is 0 Å². The molecule has 0 radical (unpaired) electrons. The maximum atomic E-state index is 12.6. The molecule has 0 aliphatic carbocycles. The molecule has 1 heterocycles. The number of alkyl halides is 3. The summed E-state index contributed by atoms with van der Waals surface area (Å²) in [6, 6.07) is 11.5. The third-order valence-corrected chi connectivity index (χ3v) is 4.27. The van der Waals surface area contributed by atoms with Gasteiger partial charge in [0, 0.05) is 29.4 Å². The summed E-state index contributed by atoms with van der Waals surface area (Å²) in [6.45, 7) is 5.37. The molecule has 1 aromatic heterocycles. The zero-order chi connectivity index (χ0) is 23.5. The molecule has 2 N–H and O–H groups in total. The van der Waals surface area contributed by atoms with E-state index in [-0.39, 0.29) is 23.4 Å². The molecule has 0 saturated carbocycles. The Bertz CT molecular complexity index is 1140. The molecule has 32 heavy (non-hydrogen) atoms. The van der Waals surface area contributed by atoms with Gasteiger partial charge in [-0.1, -0.05) is 18.2 Å². The number of nitro groups is 1. The van der Waals surface area contributed by atoms with E-state index in [4.69, 9.17) is 0 Å². The molecule has 2 aromatic carbocycles. The highest BCUT2D eigenvalue weighted by molar-refractivity contribution is 5.71. The van der Waals surface area contributed by atoms with Crippen molar-refractivity contribution in [2.45, 2.75) is 33.2 Å². The molecule has 3 rings (SSSR count). The quantitative estimate of drug-likeness (QED) is 0.347. The van der Waals surface area contributed by atoms with Crippen molar-refractivity contribution < 1.29 is 22.8 Å². The largest absolute Gasteiger partial charge is 0.573 e. The Morgan fingerprint density at radius 3 is 2.47 bits per heavy atom. The summed E-state index contributed by atoms with van der Waals surface area (Å²) in [5.41, 5.74) is 1.54. The minimum absolute atomic E-state index is 0.0162. The van der Waals surface area contributed by atoms with Gasteiger partial charge < -0.3 is 15.4 Å². The van der Waals surface area contributed by atoms with Crippen LogP contribution >= 0.6 is 0 Å². The number of nitrogens with one attached hydrogen (secondary N) is 2. The van der Waals surface area contributed by atoms with Gasteiger partial charge in [0.05, 0.1) is 16.2 Å². The number of hydrogen-bond acceptors (Lipinski definition) is 7. The van der Waals surface area contributed by atoms with Crippen LogP contribution in [0.2, 0.25) is 0 Å². The molecule has 0 atom stereocenters. The van der Waals surface area contributed by atoms with Crippen molar-refractivity contribution in [1.29, 1.82) is 0 Å². The van der Waals surface area contributed by atoms with Gasteiger partial charge in [-0.05, 0) is 39.0 Å². The van der Waals surface area contributed by atoms with E-state index in [0.29, 0.717) is 28.3 Å². The summed E-state index contributed by atoms with van der Waals surface area (Å²) in [6.07, 6.45) is -4.82. The van der Waals surface area contributed by atoms with Gasteiger partial charge in [0.1, 0.15) is 11.6 Å². The number of ether oxygens (including phenoxy) is 1. The number of nitro benzene ring substituents is 1. The van der Waals surface area contributed by atoms with E-state index in [1.54, 1.807) is 25.1 Å². The minimum atomic E-state index is -4.82. The molecule has 0 aliphatic heterocycles. The maximum Gasteiger partial charge on any atom is 0.573 e. The molecular formula is C21H20F3N5O3. The van der Waals surface area contributed by atoms with E-state index in [2.05, 4.69) is 25.3 Å². The number of aromatic nitrogens is 2. The fraction of sp³-hybridized carbons (Fsp3) is 0.238. The van der Waals surface area contributed by atoms with E-state index in [0.717, 1.165) is 0 Å². The molecule has 11 heteroatoms. The Hall–Kier alpha value is -3.89. The topological polar surface area (TPSA) is 102 Å². The SMILES string of the molecule is Cc1c(Nc2cc(-c3cccc(OC(F)(F)F)c3)nc(NC(C)C)n2)cccc1[N+](=O)[O-]. The van der Waals surface area contributed by atoms with Crippen LogP contribution in [0.15, 0.2) is 48.5 Å². The first-order valence-electron chi connectivity index (χ1n) is 9.54. The minimum Gasteiger partial charge on any atom is -0.406 e. The van der Waals surface area contributed by atoms with Crippen LogP contribution in [0.3, 0.4) is 0 Å². The standard InChI is InChI=1S/C21H20F3N5O3/c1-12(2)25-20-27-17(14-6-4-7-15(10-14)32-21(22,23)24)11-19(28-20)26-16-8-5-9-18(13(16)3)29(30)31/h4-12H,1-3H3,(H2,25,26,27,28). The van der Waals surface area contributed by atoms with Crippen molar-refractivity contribution in [2.75, 3.05) is 10.6 Å². The van der Waals surface area contributed by atoms with Crippen molar-refractivity contribution >= 4 is 23.1 Å². The number of anilines is 3. The van der Waals surface area contributed by atoms with Crippen LogP contribution in [0.5, 0.6) is 5.75 Å². The predicted octanol–water partition coefficient (Wildman–Crippen LogP) is 5.82. The Kier molecular flexibility index (Phi) is 6.47. The molecule has 3 aromatic rings. The van der Waals surface area contributed by atoms with E-state index >= 15 is 0 Å². The summed E-state index contributed by atoms with van der Waals surface area (Å²) in [5.74, 6) is 0.171. The Balaban J connectivity index is 2.02. The first kappa shape index (κ1) is 22.8. The van der Waals surface area contributed by atoms with Gasteiger partial charge in [-0.2, -0.15) is 4.98 Å². The fourth-order valence-corrected chi connectivity index (χ4v) is 2.93. The third kappa shape index (κ3) is 5.84. The predicted molar refractivity (Wildman–Crippen MR) is 114 cm³/mol. The van der Waals surface area contributed by atoms with Crippen molar-refractivity contribution in [1.82, 2.24) is 9.97 Å². The van der Waals surface area contributed by atoms with E-state index < -0.39 is 11.3 Å². The summed E-state index contributed by atoms with van der Waals surface area (Å²) in [7, 11) is 0. The Labute approximate surface area is 181 Å². The molecule has 0 amide bonds. The number of rotatable bonds is 7. The number of benzene rings is 2. The fourth-order valence-electron chi connectivity index (χ4n) is 2.93. The molecule has 0 spiro atoms. The third-order valence-electron chi connectivity index (χ3n) is 4.27. The lowest BCUT2D eigenvalue weighted by atomic mass is 10.1. The average Bonchev–Trinajstić information content (AvgIpc) is 2.67. The number of halogens is 3. The van der Waals surface area contributed by atoms with Gasteiger partial charge in [-0.25, -0.2) is 4.98 Å². The van der Waals surface area contributed by atoms with E-state index in [9.17, 15) is 23.3 Å². The monoisotopic (exact) mass is 447 g/mol. The Morgan fingerprint density at radius 1 is 1.09 bits per heavy atom. The van der Waals surface area contributed by atoms with Crippen LogP contribution in [0, 0.1) is 17.0 Å². The zero-order valence-corrected chi connectivity index (χ0v) is 17.4. The summed E-state index contributed by atoms with van der Waals surface area (Å²) in [5, 5.41) is 17.3. The van der Waals surface area contributed by atoms with Gasteiger partial charge in [-0.15, -0.1) is 13.2 Å². The van der Waals surface area contributed by atoms with Gasteiger partial charge in [0.25, 0.3) is 5.69 Å². The van der Waals surface area contributed by atoms with E-state index in [1.165, 1.54) is 30.3 Å².